The second-order valence-corrected chi connectivity index (χ2v) is 8.56. The lowest BCUT2D eigenvalue weighted by molar-refractivity contribution is -0.176. The molecule has 5 atom stereocenters. The standard InChI is InChI=1S/C22H27F4NO6/c1-5-21(19(31)32)16(10-33-12(3)28)27-11(2)20(4,18(29)30)17(21)13-7-6-8-15(23)14(13)9-22(24,25)26/h6-8,11,16-17,27H,5,9-10H2,1-4H3,(H,29,30)(H,31,32). The van der Waals surface area contributed by atoms with Gasteiger partial charge in [-0.15, -0.1) is 0 Å². The smallest absolute Gasteiger partial charge is 0.393 e. The maximum absolute atomic E-state index is 14.7. The van der Waals surface area contributed by atoms with E-state index in [1.807, 2.05) is 0 Å². The Kier molecular flexibility index (Phi) is 7.47. The van der Waals surface area contributed by atoms with Gasteiger partial charge in [0.05, 0.1) is 23.3 Å². The van der Waals surface area contributed by atoms with Gasteiger partial charge in [-0.25, -0.2) is 4.39 Å². The van der Waals surface area contributed by atoms with Crippen LogP contribution < -0.4 is 5.32 Å². The van der Waals surface area contributed by atoms with E-state index < -0.39 is 77.3 Å². The summed E-state index contributed by atoms with van der Waals surface area (Å²) < 4.78 is 59.8. The van der Waals surface area contributed by atoms with Gasteiger partial charge in [0.1, 0.15) is 12.4 Å². The van der Waals surface area contributed by atoms with Gasteiger partial charge in [-0.05, 0) is 31.9 Å². The fourth-order valence-corrected chi connectivity index (χ4v) is 5.02. The van der Waals surface area contributed by atoms with Crippen molar-refractivity contribution in [2.75, 3.05) is 6.61 Å². The van der Waals surface area contributed by atoms with E-state index in [1.165, 1.54) is 20.8 Å². The molecule has 0 aromatic heterocycles. The number of alkyl halides is 3. The number of carboxylic acid groups (broad SMARTS) is 2. The molecule has 0 spiro atoms. The Bertz CT molecular complexity index is 936. The number of hydrogen-bond donors (Lipinski definition) is 3. The van der Waals surface area contributed by atoms with Crippen molar-refractivity contribution in [3.05, 3.63) is 35.1 Å². The molecular formula is C22H27F4NO6. The van der Waals surface area contributed by atoms with E-state index in [9.17, 15) is 42.2 Å². The van der Waals surface area contributed by atoms with Crippen LogP contribution in [0.25, 0.3) is 0 Å². The van der Waals surface area contributed by atoms with Crippen molar-refractivity contribution < 1.29 is 46.9 Å². The van der Waals surface area contributed by atoms with E-state index in [0.29, 0.717) is 0 Å². The lowest BCUT2D eigenvalue weighted by Gasteiger charge is -2.56. The quantitative estimate of drug-likeness (QED) is 0.407. The van der Waals surface area contributed by atoms with Crippen molar-refractivity contribution in [3.8, 4) is 0 Å². The van der Waals surface area contributed by atoms with Crippen LogP contribution in [-0.2, 0) is 25.5 Å². The number of halogens is 4. The molecule has 1 aromatic rings. The molecule has 3 N–H and O–H groups in total. The summed E-state index contributed by atoms with van der Waals surface area (Å²) in [6.07, 6.45) is -6.76. The second kappa shape index (κ2) is 9.28. The maximum atomic E-state index is 14.7. The molecule has 7 nitrogen and oxygen atoms in total. The van der Waals surface area contributed by atoms with Crippen LogP contribution >= 0.6 is 0 Å². The number of benzene rings is 1. The van der Waals surface area contributed by atoms with Crippen LogP contribution in [0.15, 0.2) is 18.2 Å². The summed E-state index contributed by atoms with van der Waals surface area (Å²) in [5.41, 5.74) is -5.14. The van der Waals surface area contributed by atoms with Crippen molar-refractivity contribution in [3.63, 3.8) is 0 Å². The third-order valence-electron chi connectivity index (χ3n) is 6.83. The molecule has 1 aliphatic rings. The van der Waals surface area contributed by atoms with Crippen molar-refractivity contribution in [1.29, 1.82) is 0 Å². The lowest BCUT2D eigenvalue weighted by Crippen LogP contribution is -2.70. The molecule has 1 fully saturated rings. The van der Waals surface area contributed by atoms with Gasteiger partial charge in [0.2, 0.25) is 0 Å². The molecule has 0 radical (unpaired) electrons. The molecule has 1 heterocycles. The zero-order valence-corrected chi connectivity index (χ0v) is 18.6. The molecule has 0 saturated carbocycles. The largest absolute Gasteiger partial charge is 0.481 e. The number of nitrogens with one attached hydrogen (secondary N) is 1. The first-order valence-corrected chi connectivity index (χ1v) is 10.3. The summed E-state index contributed by atoms with van der Waals surface area (Å²) in [6.45, 7) is 4.77. The first-order chi connectivity index (χ1) is 15.1. The van der Waals surface area contributed by atoms with Gasteiger partial charge >= 0.3 is 24.1 Å². The van der Waals surface area contributed by atoms with Gasteiger partial charge in [-0.3, -0.25) is 14.4 Å². The van der Waals surface area contributed by atoms with Crippen LogP contribution in [0.4, 0.5) is 17.6 Å². The summed E-state index contributed by atoms with van der Waals surface area (Å²) in [7, 11) is 0. The molecule has 11 heteroatoms. The third-order valence-corrected chi connectivity index (χ3v) is 6.83. The highest BCUT2D eigenvalue weighted by Crippen LogP contribution is 2.58. The van der Waals surface area contributed by atoms with Crippen LogP contribution in [-0.4, -0.2) is 53.0 Å². The molecule has 0 aliphatic carbocycles. The normalized spacial score (nSPS) is 30.0. The predicted molar refractivity (Wildman–Crippen MR) is 108 cm³/mol. The van der Waals surface area contributed by atoms with Gasteiger partial charge < -0.3 is 20.3 Å². The molecule has 33 heavy (non-hydrogen) atoms. The van der Waals surface area contributed by atoms with Gasteiger partial charge in [-0.2, -0.15) is 13.2 Å². The minimum atomic E-state index is -4.83. The number of piperidine rings is 1. The number of esters is 1. The van der Waals surface area contributed by atoms with Crippen LogP contribution in [0, 0.1) is 16.6 Å². The molecule has 184 valence electrons. The molecule has 1 aliphatic heterocycles. The van der Waals surface area contributed by atoms with Crippen LogP contribution in [0.2, 0.25) is 0 Å². The predicted octanol–water partition coefficient (Wildman–Crippen LogP) is 3.51. The molecule has 2 rings (SSSR count). The van der Waals surface area contributed by atoms with Crippen molar-refractivity contribution in [2.24, 2.45) is 10.8 Å². The number of carboxylic acids is 2. The minimum absolute atomic E-state index is 0.233. The molecule has 1 aromatic carbocycles. The van der Waals surface area contributed by atoms with Gasteiger partial charge in [-0.1, -0.05) is 19.1 Å². The van der Waals surface area contributed by atoms with E-state index in [1.54, 1.807) is 0 Å². The topological polar surface area (TPSA) is 113 Å². The van der Waals surface area contributed by atoms with E-state index in [0.717, 1.165) is 25.1 Å². The summed E-state index contributed by atoms with van der Waals surface area (Å²) in [5, 5.41) is 23.4. The van der Waals surface area contributed by atoms with Gasteiger partial charge in [0.25, 0.3) is 0 Å². The van der Waals surface area contributed by atoms with E-state index in [4.69, 9.17) is 4.74 Å². The highest BCUT2D eigenvalue weighted by atomic mass is 19.4. The number of carbonyl (C=O) groups excluding carboxylic acids is 1. The first-order valence-electron chi connectivity index (χ1n) is 10.3. The number of carbonyl (C=O) groups is 3. The Morgan fingerprint density at radius 1 is 1.18 bits per heavy atom. The first kappa shape index (κ1) is 26.6. The maximum Gasteiger partial charge on any atom is 0.393 e. The Balaban J connectivity index is 2.93. The number of hydrogen-bond acceptors (Lipinski definition) is 5. The van der Waals surface area contributed by atoms with E-state index in [-0.39, 0.29) is 12.0 Å². The third kappa shape index (κ3) is 4.68. The molecule has 5 unspecified atom stereocenters. The zero-order valence-electron chi connectivity index (χ0n) is 18.6. The summed E-state index contributed by atoms with van der Waals surface area (Å²) >= 11 is 0. The SMILES string of the molecule is CCC1(C(=O)O)C(COC(C)=O)NC(C)C(C)(C(=O)O)C1c1cccc(F)c1CC(F)(F)F. The van der Waals surface area contributed by atoms with Crippen molar-refractivity contribution in [2.45, 2.75) is 64.7 Å². The number of ether oxygens (including phenoxy) is 1. The van der Waals surface area contributed by atoms with Gasteiger partial charge in [0.15, 0.2) is 0 Å². The summed E-state index contributed by atoms with van der Waals surface area (Å²) in [5.74, 6) is -6.47. The lowest BCUT2D eigenvalue weighted by atomic mass is 9.51. The molecular weight excluding hydrogens is 450 g/mol. The van der Waals surface area contributed by atoms with Crippen LogP contribution in [0.1, 0.15) is 51.2 Å². The highest BCUT2D eigenvalue weighted by Gasteiger charge is 2.66. The average molecular weight is 477 g/mol. The fraction of sp³-hybridized carbons (Fsp3) is 0.591. The Morgan fingerprint density at radius 3 is 2.24 bits per heavy atom. The monoisotopic (exact) mass is 477 g/mol. The number of aliphatic carboxylic acids is 2. The van der Waals surface area contributed by atoms with Gasteiger partial charge in [0, 0.05) is 24.4 Å². The van der Waals surface area contributed by atoms with Crippen molar-refractivity contribution >= 4 is 17.9 Å². The number of rotatable bonds is 7. The van der Waals surface area contributed by atoms with E-state index >= 15 is 0 Å². The second-order valence-electron chi connectivity index (χ2n) is 8.56. The zero-order chi connectivity index (χ0) is 25.4. The highest BCUT2D eigenvalue weighted by molar-refractivity contribution is 5.84. The van der Waals surface area contributed by atoms with Crippen LogP contribution in [0.3, 0.4) is 0 Å². The Hall–Kier alpha value is -2.69. The summed E-state index contributed by atoms with van der Waals surface area (Å²) in [4.78, 5) is 36.7. The molecule has 0 bridgehead atoms. The fourth-order valence-electron chi connectivity index (χ4n) is 5.02. The summed E-state index contributed by atoms with van der Waals surface area (Å²) in [6, 6.07) is 0.963. The minimum Gasteiger partial charge on any atom is -0.481 e. The Morgan fingerprint density at radius 2 is 1.79 bits per heavy atom. The average Bonchev–Trinajstić information content (AvgIpc) is 2.68. The van der Waals surface area contributed by atoms with Crippen molar-refractivity contribution in [1.82, 2.24) is 5.32 Å². The molecule has 0 amide bonds. The van der Waals surface area contributed by atoms with E-state index in [2.05, 4.69) is 5.32 Å². The molecule has 1 saturated heterocycles. The Labute approximate surface area is 188 Å². The van der Waals surface area contributed by atoms with Crippen LogP contribution in [0.5, 0.6) is 0 Å².